The van der Waals surface area contributed by atoms with Crippen LogP contribution in [0.1, 0.15) is 23.0 Å². The summed E-state index contributed by atoms with van der Waals surface area (Å²) in [5.74, 6) is -0.183. The second-order valence-electron chi connectivity index (χ2n) is 4.57. The molecular formula is C13H17N3O2S2. The highest BCUT2D eigenvalue weighted by Crippen LogP contribution is 2.32. The van der Waals surface area contributed by atoms with Crippen LogP contribution in [0.4, 0.5) is 5.69 Å². The molecule has 2 aromatic heterocycles. The Balaban J connectivity index is 2.04. The Labute approximate surface area is 124 Å². The van der Waals surface area contributed by atoms with Crippen molar-refractivity contribution >= 4 is 43.8 Å². The summed E-state index contributed by atoms with van der Waals surface area (Å²) in [6.45, 7) is 2.40. The van der Waals surface area contributed by atoms with Gasteiger partial charge in [-0.1, -0.05) is 6.92 Å². The summed E-state index contributed by atoms with van der Waals surface area (Å²) >= 11 is 1.34. The van der Waals surface area contributed by atoms with Crippen molar-refractivity contribution in [3.63, 3.8) is 0 Å². The van der Waals surface area contributed by atoms with Gasteiger partial charge in [0.15, 0.2) is 0 Å². The van der Waals surface area contributed by atoms with Gasteiger partial charge in [-0.05, 0) is 12.5 Å². The number of nitrogen functional groups attached to an aromatic ring is 1. The minimum absolute atomic E-state index is 0.0688. The number of rotatable bonds is 5. The maximum absolute atomic E-state index is 12.1. The van der Waals surface area contributed by atoms with Crippen LogP contribution in [0.2, 0.25) is 0 Å². The standard InChI is InChI=1S/C13H17N3O2S2/c1-8(20(2)18)3-6-16-13(17)12-11(14)9-4-5-15-7-10(9)19-12/h4-5,7-8H,3,6,14H2,1-2H3,(H,16,17). The second kappa shape index (κ2) is 6.32. The molecule has 2 atom stereocenters. The highest BCUT2D eigenvalue weighted by molar-refractivity contribution is 7.84. The van der Waals surface area contributed by atoms with E-state index in [0.717, 1.165) is 10.1 Å². The zero-order valence-electron chi connectivity index (χ0n) is 11.4. The van der Waals surface area contributed by atoms with Crippen LogP contribution in [0.5, 0.6) is 0 Å². The average Bonchev–Trinajstić information content (AvgIpc) is 2.76. The molecule has 0 aliphatic rings. The first-order valence-corrected chi connectivity index (χ1v) is 8.67. The van der Waals surface area contributed by atoms with E-state index in [9.17, 15) is 9.00 Å². The predicted molar refractivity (Wildman–Crippen MR) is 84.5 cm³/mol. The molecule has 7 heteroatoms. The number of aromatic nitrogens is 1. The van der Waals surface area contributed by atoms with Crippen molar-refractivity contribution in [3.8, 4) is 0 Å². The molecule has 0 saturated carbocycles. The van der Waals surface area contributed by atoms with Crippen LogP contribution < -0.4 is 11.1 Å². The summed E-state index contributed by atoms with van der Waals surface area (Å²) in [4.78, 5) is 16.6. The van der Waals surface area contributed by atoms with Gasteiger partial charge in [0.25, 0.3) is 5.91 Å². The van der Waals surface area contributed by atoms with Crippen molar-refractivity contribution in [1.82, 2.24) is 10.3 Å². The van der Waals surface area contributed by atoms with Gasteiger partial charge >= 0.3 is 0 Å². The molecule has 0 radical (unpaired) electrons. The number of carbonyl (C=O) groups is 1. The summed E-state index contributed by atoms with van der Waals surface area (Å²) in [6, 6.07) is 1.81. The number of thiophene rings is 1. The molecule has 2 heterocycles. The summed E-state index contributed by atoms with van der Waals surface area (Å²) < 4.78 is 12.1. The van der Waals surface area contributed by atoms with Gasteiger partial charge in [0.05, 0.1) is 10.4 Å². The lowest BCUT2D eigenvalue weighted by Gasteiger charge is -2.08. The topological polar surface area (TPSA) is 85.1 Å². The van der Waals surface area contributed by atoms with Gasteiger partial charge in [-0.3, -0.25) is 14.0 Å². The lowest BCUT2D eigenvalue weighted by atomic mass is 10.2. The summed E-state index contributed by atoms with van der Waals surface area (Å²) in [5, 5.41) is 3.75. The molecule has 0 spiro atoms. The minimum atomic E-state index is -0.868. The molecule has 0 saturated heterocycles. The van der Waals surface area contributed by atoms with Crippen molar-refractivity contribution in [2.24, 2.45) is 0 Å². The first-order valence-electron chi connectivity index (χ1n) is 6.23. The third-order valence-corrected chi connectivity index (χ3v) is 5.66. The van der Waals surface area contributed by atoms with E-state index in [4.69, 9.17) is 5.73 Å². The molecule has 2 unspecified atom stereocenters. The fourth-order valence-electron chi connectivity index (χ4n) is 1.77. The van der Waals surface area contributed by atoms with E-state index in [1.54, 1.807) is 24.7 Å². The van der Waals surface area contributed by atoms with E-state index < -0.39 is 10.8 Å². The molecule has 0 fully saturated rings. The lowest BCUT2D eigenvalue weighted by Crippen LogP contribution is -2.27. The molecule has 0 aliphatic carbocycles. The van der Waals surface area contributed by atoms with Crippen LogP contribution in [0.25, 0.3) is 10.1 Å². The Kier molecular flexibility index (Phi) is 4.72. The van der Waals surface area contributed by atoms with Crippen LogP contribution in [0.15, 0.2) is 18.5 Å². The summed E-state index contributed by atoms with van der Waals surface area (Å²) in [6.07, 6.45) is 5.71. The number of amides is 1. The van der Waals surface area contributed by atoms with E-state index in [1.807, 2.05) is 6.92 Å². The molecule has 2 aromatic rings. The second-order valence-corrected chi connectivity index (χ2v) is 7.42. The maximum atomic E-state index is 12.1. The number of nitrogens with one attached hydrogen (secondary N) is 1. The van der Waals surface area contributed by atoms with Gasteiger partial charge in [0.2, 0.25) is 0 Å². The molecule has 3 N–H and O–H groups in total. The Morgan fingerprint density at radius 1 is 1.60 bits per heavy atom. The molecule has 0 aliphatic heterocycles. The number of carbonyl (C=O) groups excluding carboxylic acids is 1. The Morgan fingerprint density at radius 3 is 3.00 bits per heavy atom. The zero-order chi connectivity index (χ0) is 14.7. The number of hydrogen-bond donors (Lipinski definition) is 2. The van der Waals surface area contributed by atoms with Crippen molar-refractivity contribution < 1.29 is 9.00 Å². The quantitative estimate of drug-likeness (QED) is 0.881. The molecule has 5 nitrogen and oxygen atoms in total. The smallest absolute Gasteiger partial charge is 0.263 e. The molecule has 0 aromatic carbocycles. The van der Waals surface area contributed by atoms with Crippen molar-refractivity contribution in [2.75, 3.05) is 18.5 Å². The zero-order valence-corrected chi connectivity index (χ0v) is 13.0. The first-order chi connectivity index (χ1) is 9.50. The van der Waals surface area contributed by atoms with Gasteiger partial charge in [-0.2, -0.15) is 0 Å². The normalized spacial score (nSPS) is 14.1. The largest absolute Gasteiger partial charge is 0.397 e. The third-order valence-electron chi connectivity index (χ3n) is 3.14. The monoisotopic (exact) mass is 311 g/mol. The van der Waals surface area contributed by atoms with Crippen LogP contribution in [-0.4, -0.2) is 33.2 Å². The van der Waals surface area contributed by atoms with Gasteiger partial charge in [0, 0.05) is 46.6 Å². The van der Waals surface area contributed by atoms with Crippen LogP contribution in [-0.2, 0) is 10.8 Å². The fourth-order valence-corrected chi connectivity index (χ4v) is 3.23. The number of nitrogens with two attached hydrogens (primary N) is 1. The molecule has 1 amide bonds. The SMILES string of the molecule is CC(CCNC(=O)c1sc2cnccc2c1N)S(C)=O. The van der Waals surface area contributed by atoms with Crippen molar-refractivity contribution in [2.45, 2.75) is 18.6 Å². The molecule has 0 bridgehead atoms. The Hall–Kier alpha value is -1.47. The van der Waals surface area contributed by atoms with E-state index in [1.165, 1.54) is 11.3 Å². The predicted octanol–water partition coefficient (Wildman–Crippen LogP) is 1.77. The summed E-state index contributed by atoms with van der Waals surface area (Å²) in [5.41, 5.74) is 6.49. The van der Waals surface area contributed by atoms with E-state index >= 15 is 0 Å². The van der Waals surface area contributed by atoms with Crippen molar-refractivity contribution in [3.05, 3.63) is 23.3 Å². The molecule has 20 heavy (non-hydrogen) atoms. The highest BCUT2D eigenvalue weighted by Gasteiger charge is 2.16. The van der Waals surface area contributed by atoms with Crippen molar-refractivity contribution in [1.29, 1.82) is 0 Å². The van der Waals surface area contributed by atoms with E-state index in [0.29, 0.717) is 23.5 Å². The minimum Gasteiger partial charge on any atom is -0.397 e. The molecule has 108 valence electrons. The van der Waals surface area contributed by atoms with Gasteiger partial charge in [0.1, 0.15) is 4.88 Å². The van der Waals surface area contributed by atoms with Gasteiger partial charge < -0.3 is 11.1 Å². The third kappa shape index (κ3) is 3.16. The molecular weight excluding hydrogens is 294 g/mol. The fraction of sp³-hybridized carbons (Fsp3) is 0.385. The highest BCUT2D eigenvalue weighted by atomic mass is 32.2. The maximum Gasteiger partial charge on any atom is 0.263 e. The van der Waals surface area contributed by atoms with E-state index in [-0.39, 0.29) is 11.2 Å². The van der Waals surface area contributed by atoms with E-state index in [2.05, 4.69) is 10.3 Å². The Bertz CT molecular complexity index is 654. The number of anilines is 1. The van der Waals surface area contributed by atoms with Gasteiger partial charge in [-0.15, -0.1) is 11.3 Å². The Morgan fingerprint density at radius 2 is 2.35 bits per heavy atom. The van der Waals surface area contributed by atoms with Gasteiger partial charge in [-0.25, -0.2) is 0 Å². The number of fused-ring (bicyclic) bond motifs is 1. The lowest BCUT2D eigenvalue weighted by molar-refractivity contribution is 0.0958. The number of hydrogen-bond acceptors (Lipinski definition) is 5. The number of nitrogens with zero attached hydrogens (tertiary/aromatic N) is 1. The molecule has 2 rings (SSSR count). The van der Waals surface area contributed by atoms with Crippen LogP contribution in [0, 0.1) is 0 Å². The number of pyridine rings is 1. The average molecular weight is 311 g/mol. The van der Waals surface area contributed by atoms with Crippen LogP contribution in [0.3, 0.4) is 0 Å². The summed E-state index contributed by atoms with van der Waals surface area (Å²) in [7, 11) is -0.868. The van der Waals surface area contributed by atoms with Crippen LogP contribution >= 0.6 is 11.3 Å². The first kappa shape index (κ1) is 14.9.